The first-order valence-electron chi connectivity index (χ1n) is 7.88. The Morgan fingerprint density at radius 1 is 0.870 bits per heavy atom. The van der Waals surface area contributed by atoms with E-state index in [-0.39, 0.29) is 5.41 Å². The standard InChI is InChI=1S/C19H24N4/c1-19(2,3)18-10-8-16(9-11-18)13-21-12-15-4-6-17(7-5-15)14-22-23-20/h4-11,21H,12-14H2,1-3H3. The summed E-state index contributed by atoms with van der Waals surface area (Å²) >= 11 is 0. The van der Waals surface area contributed by atoms with Crippen molar-refractivity contribution in [3.8, 4) is 0 Å². The highest BCUT2D eigenvalue weighted by Crippen LogP contribution is 2.22. The van der Waals surface area contributed by atoms with Crippen molar-refractivity contribution in [2.75, 3.05) is 0 Å². The molecule has 0 bridgehead atoms. The molecule has 0 aromatic heterocycles. The van der Waals surface area contributed by atoms with Gasteiger partial charge in [-0.15, -0.1) is 0 Å². The lowest BCUT2D eigenvalue weighted by Gasteiger charge is -2.19. The predicted molar refractivity (Wildman–Crippen MR) is 95.0 cm³/mol. The molecule has 0 fully saturated rings. The van der Waals surface area contributed by atoms with E-state index < -0.39 is 0 Å². The van der Waals surface area contributed by atoms with Gasteiger partial charge in [0.25, 0.3) is 0 Å². The minimum Gasteiger partial charge on any atom is -0.309 e. The van der Waals surface area contributed by atoms with E-state index in [4.69, 9.17) is 5.53 Å². The Bertz CT molecular complexity index is 660. The fourth-order valence-corrected chi connectivity index (χ4v) is 2.35. The van der Waals surface area contributed by atoms with E-state index in [9.17, 15) is 0 Å². The van der Waals surface area contributed by atoms with Gasteiger partial charge in [-0.1, -0.05) is 74.4 Å². The molecule has 0 radical (unpaired) electrons. The lowest BCUT2D eigenvalue weighted by atomic mass is 9.87. The van der Waals surface area contributed by atoms with Crippen LogP contribution in [0.1, 0.15) is 43.0 Å². The highest BCUT2D eigenvalue weighted by atomic mass is 15.1. The normalized spacial score (nSPS) is 11.1. The topological polar surface area (TPSA) is 60.8 Å². The van der Waals surface area contributed by atoms with Crippen LogP contribution in [0.2, 0.25) is 0 Å². The second-order valence-corrected chi connectivity index (χ2v) is 6.76. The summed E-state index contributed by atoms with van der Waals surface area (Å²) in [7, 11) is 0. The summed E-state index contributed by atoms with van der Waals surface area (Å²) in [5.74, 6) is 0. The van der Waals surface area contributed by atoms with Gasteiger partial charge in [0.1, 0.15) is 0 Å². The van der Waals surface area contributed by atoms with Gasteiger partial charge < -0.3 is 5.32 Å². The van der Waals surface area contributed by atoms with E-state index in [1.54, 1.807) is 0 Å². The summed E-state index contributed by atoms with van der Waals surface area (Å²) in [6, 6.07) is 16.9. The van der Waals surface area contributed by atoms with Crippen molar-refractivity contribution in [1.29, 1.82) is 0 Å². The average Bonchev–Trinajstić information content (AvgIpc) is 2.54. The van der Waals surface area contributed by atoms with Crippen LogP contribution in [0, 0.1) is 0 Å². The van der Waals surface area contributed by atoms with Gasteiger partial charge in [-0.2, -0.15) is 0 Å². The first kappa shape index (κ1) is 17.1. The minimum absolute atomic E-state index is 0.198. The lowest BCUT2D eigenvalue weighted by molar-refractivity contribution is 0.589. The fourth-order valence-electron chi connectivity index (χ4n) is 2.35. The van der Waals surface area contributed by atoms with E-state index >= 15 is 0 Å². The summed E-state index contributed by atoms with van der Waals surface area (Å²) in [6.45, 7) is 8.77. The lowest BCUT2D eigenvalue weighted by Crippen LogP contribution is -2.14. The molecule has 120 valence electrons. The molecule has 23 heavy (non-hydrogen) atoms. The number of hydrogen-bond acceptors (Lipinski definition) is 2. The summed E-state index contributed by atoms with van der Waals surface area (Å²) in [5.41, 5.74) is 13.4. The highest BCUT2D eigenvalue weighted by molar-refractivity contribution is 5.27. The van der Waals surface area contributed by atoms with Crippen molar-refractivity contribution >= 4 is 0 Å². The van der Waals surface area contributed by atoms with Crippen molar-refractivity contribution in [2.45, 2.75) is 45.8 Å². The van der Waals surface area contributed by atoms with Gasteiger partial charge in [0.2, 0.25) is 0 Å². The van der Waals surface area contributed by atoms with Crippen molar-refractivity contribution in [3.63, 3.8) is 0 Å². The molecule has 0 saturated carbocycles. The van der Waals surface area contributed by atoms with Crippen LogP contribution in [-0.4, -0.2) is 0 Å². The van der Waals surface area contributed by atoms with Gasteiger partial charge in [0.05, 0.1) is 6.54 Å². The molecule has 0 aliphatic carbocycles. The van der Waals surface area contributed by atoms with Crippen LogP contribution < -0.4 is 5.32 Å². The summed E-state index contributed by atoms with van der Waals surface area (Å²) in [4.78, 5) is 2.77. The van der Waals surface area contributed by atoms with Crippen LogP contribution in [0.5, 0.6) is 0 Å². The smallest absolute Gasteiger partial charge is 0.0510 e. The Morgan fingerprint density at radius 2 is 1.35 bits per heavy atom. The van der Waals surface area contributed by atoms with Gasteiger partial charge in [-0.3, -0.25) is 0 Å². The number of hydrogen-bond donors (Lipinski definition) is 1. The fraction of sp³-hybridized carbons (Fsp3) is 0.368. The van der Waals surface area contributed by atoms with E-state index in [1.807, 2.05) is 12.1 Å². The first-order chi connectivity index (χ1) is 11.0. The number of azide groups is 1. The third-order valence-electron chi connectivity index (χ3n) is 3.82. The van der Waals surface area contributed by atoms with E-state index in [1.165, 1.54) is 16.7 Å². The SMILES string of the molecule is CC(C)(C)c1ccc(CNCc2ccc(CN=[N+]=[N-])cc2)cc1. The molecular weight excluding hydrogens is 284 g/mol. The summed E-state index contributed by atoms with van der Waals surface area (Å²) < 4.78 is 0. The molecule has 1 N–H and O–H groups in total. The van der Waals surface area contributed by atoms with Gasteiger partial charge in [0.15, 0.2) is 0 Å². The van der Waals surface area contributed by atoms with E-state index in [0.29, 0.717) is 6.54 Å². The minimum atomic E-state index is 0.198. The third kappa shape index (κ3) is 5.44. The Morgan fingerprint density at radius 3 is 1.83 bits per heavy atom. The molecule has 2 aromatic rings. The molecule has 0 aliphatic rings. The Hall–Kier alpha value is -2.29. The molecule has 0 spiro atoms. The molecular formula is C19H24N4. The molecule has 4 heteroatoms. The van der Waals surface area contributed by atoms with Gasteiger partial charge in [-0.05, 0) is 33.2 Å². The Balaban J connectivity index is 1.83. The largest absolute Gasteiger partial charge is 0.309 e. The van der Waals surface area contributed by atoms with Crippen LogP contribution in [0.3, 0.4) is 0 Å². The van der Waals surface area contributed by atoms with Crippen molar-refractivity contribution in [2.24, 2.45) is 5.11 Å². The number of nitrogens with zero attached hydrogens (tertiary/aromatic N) is 3. The van der Waals surface area contributed by atoms with Crippen LogP contribution in [0.4, 0.5) is 0 Å². The van der Waals surface area contributed by atoms with Gasteiger partial charge in [-0.25, -0.2) is 0 Å². The van der Waals surface area contributed by atoms with Crippen molar-refractivity contribution in [1.82, 2.24) is 5.32 Å². The van der Waals surface area contributed by atoms with Crippen LogP contribution >= 0.6 is 0 Å². The molecule has 0 amide bonds. The zero-order valence-electron chi connectivity index (χ0n) is 14.1. The molecule has 2 rings (SSSR count). The van der Waals surface area contributed by atoms with Crippen molar-refractivity contribution < 1.29 is 0 Å². The zero-order chi connectivity index (χ0) is 16.7. The second-order valence-electron chi connectivity index (χ2n) is 6.76. The number of nitrogens with one attached hydrogen (secondary N) is 1. The second kappa shape index (κ2) is 7.82. The maximum Gasteiger partial charge on any atom is 0.0510 e. The average molecular weight is 308 g/mol. The van der Waals surface area contributed by atoms with Gasteiger partial charge >= 0.3 is 0 Å². The third-order valence-corrected chi connectivity index (χ3v) is 3.82. The number of rotatable bonds is 6. The first-order valence-corrected chi connectivity index (χ1v) is 7.88. The predicted octanol–water partition coefficient (Wildman–Crippen LogP) is 5.08. The maximum absolute atomic E-state index is 8.32. The number of benzene rings is 2. The molecule has 0 saturated heterocycles. The summed E-state index contributed by atoms with van der Waals surface area (Å²) in [6.07, 6.45) is 0. The molecule has 0 heterocycles. The van der Waals surface area contributed by atoms with Gasteiger partial charge in [0, 0.05) is 18.0 Å². The molecule has 2 aromatic carbocycles. The zero-order valence-corrected chi connectivity index (χ0v) is 14.1. The van der Waals surface area contributed by atoms with E-state index in [0.717, 1.165) is 18.7 Å². The van der Waals surface area contributed by atoms with Crippen molar-refractivity contribution in [3.05, 3.63) is 81.2 Å². The van der Waals surface area contributed by atoms with Crippen LogP contribution in [0.25, 0.3) is 10.4 Å². The van der Waals surface area contributed by atoms with E-state index in [2.05, 4.69) is 72.5 Å². The van der Waals surface area contributed by atoms with Crippen LogP contribution in [-0.2, 0) is 25.0 Å². The molecule has 0 unspecified atom stereocenters. The van der Waals surface area contributed by atoms with Crippen LogP contribution in [0.15, 0.2) is 53.6 Å². The quantitative estimate of drug-likeness (QED) is 0.451. The molecule has 0 atom stereocenters. The Labute approximate surface area is 138 Å². The molecule has 0 aliphatic heterocycles. The maximum atomic E-state index is 8.32. The highest BCUT2D eigenvalue weighted by Gasteiger charge is 2.12. The monoisotopic (exact) mass is 308 g/mol. The summed E-state index contributed by atoms with van der Waals surface area (Å²) in [5, 5.41) is 7.02. The Kier molecular flexibility index (Phi) is 5.80. The molecule has 4 nitrogen and oxygen atoms in total.